The number of amides is 6. The van der Waals surface area contributed by atoms with Crippen molar-refractivity contribution in [2.45, 2.75) is 64.3 Å². The minimum atomic E-state index is -1.00. The molecule has 0 bridgehead atoms. The number of hydrogen-bond donors (Lipinski definition) is 4. The summed E-state index contributed by atoms with van der Waals surface area (Å²) in [5.41, 5.74) is 4.02. The van der Waals surface area contributed by atoms with Crippen LogP contribution in [0.3, 0.4) is 0 Å². The van der Waals surface area contributed by atoms with Gasteiger partial charge in [-0.3, -0.25) is 24.1 Å². The Kier molecular flexibility index (Phi) is 9.02. The topological polar surface area (TPSA) is 151 Å². The summed E-state index contributed by atoms with van der Waals surface area (Å²) >= 11 is 0. The molecule has 0 radical (unpaired) electrons. The van der Waals surface area contributed by atoms with Crippen molar-refractivity contribution >= 4 is 29.7 Å². The van der Waals surface area contributed by atoms with Crippen molar-refractivity contribution in [3.8, 4) is 0 Å². The zero-order chi connectivity index (χ0) is 22.9. The highest BCUT2D eigenvalue weighted by atomic mass is 16.2. The van der Waals surface area contributed by atoms with Crippen LogP contribution in [0.1, 0.15) is 58.3 Å². The van der Waals surface area contributed by atoms with Crippen LogP contribution >= 0.6 is 0 Å². The number of nitrogens with one attached hydrogen (secondary N) is 3. The van der Waals surface area contributed by atoms with Crippen LogP contribution in [0.25, 0.3) is 0 Å². The van der Waals surface area contributed by atoms with E-state index in [0.717, 1.165) is 12.8 Å². The van der Waals surface area contributed by atoms with Crippen molar-refractivity contribution < 1.29 is 24.0 Å². The summed E-state index contributed by atoms with van der Waals surface area (Å²) in [6.07, 6.45) is 7.92. The van der Waals surface area contributed by atoms with E-state index in [2.05, 4.69) is 16.0 Å². The first kappa shape index (κ1) is 24.4. The molecule has 10 nitrogen and oxygen atoms in total. The predicted octanol–water partition coefficient (Wildman–Crippen LogP) is 0.321. The SMILES string of the molecule is C[C@H](CCCNC(N)=O)NC(=O)C1(C(=O)NCCCCCN2C(=O)C=CC2=O)CCC1. The molecule has 10 heteroatoms. The van der Waals surface area contributed by atoms with Crippen LogP contribution in [0, 0.1) is 5.41 Å². The van der Waals surface area contributed by atoms with Crippen LogP contribution in [0.4, 0.5) is 4.79 Å². The third kappa shape index (κ3) is 6.80. The fourth-order valence-electron chi connectivity index (χ4n) is 3.74. The molecule has 1 aliphatic carbocycles. The van der Waals surface area contributed by atoms with Crippen LogP contribution in [0.15, 0.2) is 12.2 Å². The van der Waals surface area contributed by atoms with E-state index >= 15 is 0 Å². The normalized spacial score (nSPS) is 17.8. The molecule has 1 fully saturated rings. The van der Waals surface area contributed by atoms with Gasteiger partial charge in [0.25, 0.3) is 11.8 Å². The molecule has 1 aliphatic heterocycles. The highest BCUT2D eigenvalue weighted by Crippen LogP contribution is 2.41. The molecule has 0 aromatic rings. The Morgan fingerprint density at radius 3 is 2.23 bits per heavy atom. The smallest absolute Gasteiger partial charge is 0.312 e. The maximum atomic E-state index is 12.7. The average molecular weight is 436 g/mol. The predicted molar refractivity (Wildman–Crippen MR) is 113 cm³/mol. The second kappa shape index (κ2) is 11.5. The lowest BCUT2D eigenvalue weighted by atomic mass is 9.67. The molecule has 6 amide bonds. The molecule has 172 valence electrons. The molecular formula is C21H33N5O5. The van der Waals surface area contributed by atoms with Gasteiger partial charge in [-0.15, -0.1) is 0 Å². The van der Waals surface area contributed by atoms with E-state index in [9.17, 15) is 24.0 Å². The third-order valence-electron chi connectivity index (χ3n) is 5.81. The van der Waals surface area contributed by atoms with E-state index in [-0.39, 0.29) is 29.7 Å². The van der Waals surface area contributed by atoms with Crippen LogP contribution in [0.5, 0.6) is 0 Å². The summed E-state index contributed by atoms with van der Waals surface area (Å²) in [7, 11) is 0. The van der Waals surface area contributed by atoms with Crippen molar-refractivity contribution in [3.05, 3.63) is 12.2 Å². The molecule has 0 aromatic carbocycles. The zero-order valence-electron chi connectivity index (χ0n) is 18.1. The van der Waals surface area contributed by atoms with Crippen LogP contribution in [-0.2, 0) is 19.2 Å². The Morgan fingerprint density at radius 1 is 1.00 bits per heavy atom. The Balaban J connectivity index is 1.65. The van der Waals surface area contributed by atoms with Crippen molar-refractivity contribution in [2.75, 3.05) is 19.6 Å². The fraction of sp³-hybridized carbons (Fsp3) is 0.667. The lowest BCUT2D eigenvalue weighted by molar-refractivity contribution is -0.150. The minimum absolute atomic E-state index is 0.113. The Morgan fingerprint density at radius 2 is 1.65 bits per heavy atom. The molecule has 1 saturated carbocycles. The monoisotopic (exact) mass is 435 g/mol. The summed E-state index contributed by atoms with van der Waals surface area (Å²) < 4.78 is 0. The Bertz CT molecular complexity index is 714. The van der Waals surface area contributed by atoms with Crippen molar-refractivity contribution in [1.82, 2.24) is 20.9 Å². The number of rotatable bonds is 13. The molecule has 5 N–H and O–H groups in total. The average Bonchev–Trinajstić information content (AvgIpc) is 2.98. The molecule has 2 rings (SSSR count). The minimum Gasteiger partial charge on any atom is -0.355 e. The number of imide groups is 1. The molecular weight excluding hydrogens is 402 g/mol. The van der Waals surface area contributed by atoms with Crippen LogP contribution in [0.2, 0.25) is 0 Å². The zero-order valence-corrected chi connectivity index (χ0v) is 18.1. The molecule has 2 aliphatic rings. The lowest BCUT2D eigenvalue weighted by Crippen LogP contribution is -2.56. The van der Waals surface area contributed by atoms with Gasteiger partial charge in [0.1, 0.15) is 5.41 Å². The number of nitrogens with two attached hydrogens (primary N) is 1. The fourth-order valence-corrected chi connectivity index (χ4v) is 3.74. The maximum Gasteiger partial charge on any atom is 0.312 e. The van der Waals surface area contributed by atoms with E-state index in [4.69, 9.17) is 5.73 Å². The molecule has 1 atom stereocenters. The third-order valence-corrected chi connectivity index (χ3v) is 5.81. The maximum absolute atomic E-state index is 12.7. The van der Waals surface area contributed by atoms with Gasteiger partial charge in [-0.25, -0.2) is 4.79 Å². The number of nitrogens with zero attached hydrogens (tertiary/aromatic N) is 1. The standard InChI is InChI=1S/C21H33N5O5/c1-15(7-5-13-24-20(22)31)25-19(30)21(10-6-11-21)18(29)23-12-3-2-4-14-26-16(27)8-9-17(26)28/h8-9,15H,2-7,10-14H2,1H3,(H,23,29)(H,25,30)(H3,22,24,31)/t15-/m1/s1. The van der Waals surface area contributed by atoms with Crippen molar-refractivity contribution in [1.29, 1.82) is 0 Å². The highest BCUT2D eigenvalue weighted by molar-refractivity contribution is 6.12. The van der Waals surface area contributed by atoms with Gasteiger partial charge in [-0.05, 0) is 51.9 Å². The second-order valence-electron chi connectivity index (χ2n) is 8.22. The van der Waals surface area contributed by atoms with Gasteiger partial charge in [-0.2, -0.15) is 0 Å². The summed E-state index contributed by atoms with van der Waals surface area (Å²) in [5.74, 6) is -1.05. The Hall–Kier alpha value is -2.91. The number of carbonyl (C=O) groups is 5. The molecule has 0 unspecified atom stereocenters. The molecule has 0 aromatic heterocycles. The molecule has 0 spiro atoms. The Labute approximate surface area is 182 Å². The van der Waals surface area contributed by atoms with Gasteiger partial charge >= 0.3 is 6.03 Å². The van der Waals surface area contributed by atoms with E-state index < -0.39 is 11.4 Å². The van der Waals surface area contributed by atoms with Crippen LogP contribution < -0.4 is 21.7 Å². The van der Waals surface area contributed by atoms with Gasteiger partial charge in [-0.1, -0.05) is 6.42 Å². The number of hydrogen-bond acceptors (Lipinski definition) is 5. The number of primary amides is 1. The van der Waals surface area contributed by atoms with E-state index in [1.165, 1.54) is 17.1 Å². The van der Waals surface area contributed by atoms with Gasteiger partial charge < -0.3 is 21.7 Å². The largest absolute Gasteiger partial charge is 0.355 e. The first-order valence-corrected chi connectivity index (χ1v) is 10.9. The summed E-state index contributed by atoms with van der Waals surface area (Å²) in [5, 5.41) is 8.30. The van der Waals surface area contributed by atoms with Crippen molar-refractivity contribution in [2.24, 2.45) is 11.1 Å². The first-order chi connectivity index (χ1) is 14.8. The van der Waals surface area contributed by atoms with Gasteiger partial charge in [0.15, 0.2) is 0 Å². The molecule has 1 heterocycles. The van der Waals surface area contributed by atoms with Crippen molar-refractivity contribution in [3.63, 3.8) is 0 Å². The van der Waals surface area contributed by atoms with Gasteiger partial charge in [0, 0.05) is 37.8 Å². The number of urea groups is 1. The van der Waals surface area contributed by atoms with E-state index in [1.807, 2.05) is 6.92 Å². The molecule has 31 heavy (non-hydrogen) atoms. The quantitative estimate of drug-likeness (QED) is 0.187. The lowest BCUT2D eigenvalue weighted by Gasteiger charge is -2.39. The summed E-state index contributed by atoms with van der Waals surface area (Å²) in [6, 6.07) is -0.685. The highest BCUT2D eigenvalue weighted by Gasteiger charge is 2.50. The molecule has 0 saturated heterocycles. The summed E-state index contributed by atoms with van der Waals surface area (Å²) in [4.78, 5) is 60.3. The van der Waals surface area contributed by atoms with Crippen LogP contribution in [-0.4, -0.2) is 60.2 Å². The number of carbonyl (C=O) groups excluding carboxylic acids is 5. The second-order valence-corrected chi connectivity index (χ2v) is 8.22. The number of unbranched alkanes of at least 4 members (excludes halogenated alkanes) is 2. The van der Waals surface area contributed by atoms with Gasteiger partial charge in [0.2, 0.25) is 11.8 Å². The first-order valence-electron chi connectivity index (χ1n) is 10.9. The summed E-state index contributed by atoms with van der Waals surface area (Å²) in [6.45, 7) is 3.13. The van der Waals surface area contributed by atoms with E-state index in [0.29, 0.717) is 58.2 Å². The van der Waals surface area contributed by atoms with Gasteiger partial charge in [0.05, 0.1) is 0 Å². The van der Waals surface area contributed by atoms with E-state index in [1.54, 1.807) is 0 Å².